The molecule has 2 aromatic rings. The van der Waals surface area contributed by atoms with Crippen LogP contribution in [0.4, 0.5) is 0 Å². The van der Waals surface area contributed by atoms with E-state index in [1.807, 2.05) is 55.5 Å². The second-order valence-electron chi connectivity index (χ2n) is 7.52. The molecule has 0 spiro atoms. The molecule has 2 atom stereocenters. The van der Waals surface area contributed by atoms with Crippen LogP contribution >= 0.6 is 0 Å². The third kappa shape index (κ3) is 5.15. The summed E-state index contributed by atoms with van der Waals surface area (Å²) in [6, 6.07) is 14.6. The molecule has 134 valence electrons. The molecule has 4 nitrogen and oxygen atoms in total. The van der Waals surface area contributed by atoms with Gasteiger partial charge >= 0.3 is 0 Å². The fourth-order valence-corrected chi connectivity index (χ4v) is 2.56. The number of amides is 1. The van der Waals surface area contributed by atoms with Crippen LogP contribution in [0.2, 0.25) is 0 Å². The van der Waals surface area contributed by atoms with Crippen molar-refractivity contribution in [2.75, 3.05) is 6.54 Å². The van der Waals surface area contributed by atoms with Gasteiger partial charge in [0.2, 0.25) is 5.91 Å². The van der Waals surface area contributed by atoms with E-state index in [1.165, 1.54) is 5.56 Å². The number of aliphatic hydroxyl groups excluding tert-OH is 1. The zero-order chi connectivity index (χ0) is 18.6. The van der Waals surface area contributed by atoms with Crippen LogP contribution in [-0.4, -0.2) is 17.6 Å². The molecular formula is C21H28N2O2. The maximum atomic E-state index is 12.2. The monoisotopic (exact) mass is 340 g/mol. The van der Waals surface area contributed by atoms with E-state index in [2.05, 4.69) is 26.1 Å². The first-order chi connectivity index (χ1) is 11.7. The van der Waals surface area contributed by atoms with E-state index < -0.39 is 12.1 Å². The van der Waals surface area contributed by atoms with Gasteiger partial charge in [0.05, 0.1) is 6.10 Å². The van der Waals surface area contributed by atoms with E-state index in [0.717, 1.165) is 16.7 Å². The summed E-state index contributed by atoms with van der Waals surface area (Å²) in [7, 11) is 0. The standard InChI is InChI=1S/C21H28N2O2/c1-14-5-7-16(8-6-14)19(22)20(25)23-13-18(24)15-9-11-17(12-10-15)21(2,3)4/h5-12,18-19,24H,13,22H2,1-4H3,(H,23,25). The molecule has 4 heteroatoms. The molecule has 2 rings (SSSR count). The van der Waals surface area contributed by atoms with E-state index in [0.29, 0.717) is 0 Å². The minimum Gasteiger partial charge on any atom is -0.387 e. The third-order valence-corrected chi connectivity index (χ3v) is 4.35. The highest BCUT2D eigenvalue weighted by Gasteiger charge is 2.18. The van der Waals surface area contributed by atoms with Crippen molar-refractivity contribution < 1.29 is 9.90 Å². The predicted molar refractivity (Wildman–Crippen MR) is 101 cm³/mol. The molecule has 0 aliphatic rings. The molecule has 0 radical (unpaired) electrons. The summed E-state index contributed by atoms with van der Waals surface area (Å²) in [6.45, 7) is 8.55. The number of benzene rings is 2. The van der Waals surface area contributed by atoms with Gasteiger partial charge in [0, 0.05) is 6.54 Å². The Morgan fingerprint density at radius 1 is 1.04 bits per heavy atom. The second-order valence-corrected chi connectivity index (χ2v) is 7.52. The van der Waals surface area contributed by atoms with Gasteiger partial charge in [0.15, 0.2) is 0 Å². The number of hydrogen-bond acceptors (Lipinski definition) is 3. The SMILES string of the molecule is Cc1ccc(C(N)C(=O)NCC(O)c2ccc(C(C)(C)C)cc2)cc1. The van der Waals surface area contributed by atoms with Crippen molar-refractivity contribution in [2.24, 2.45) is 5.73 Å². The molecule has 0 aliphatic heterocycles. The number of hydrogen-bond donors (Lipinski definition) is 3. The average molecular weight is 340 g/mol. The minimum absolute atomic E-state index is 0.0680. The Balaban J connectivity index is 1.93. The molecule has 0 saturated heterocycles. The molecule has 25 heavy (non-hydrogen) atoms. The van der Waals surface area contributed by atoms with Crippen molar-refractivity contribution in [3.8, 4) is 0 Å². The minimum atomic E-state index is -0.761. The number of carbonyl (C=O) groups is 1. The highest BCUT2D eigenvalue weighted by atomic mass is 16.3. The van der Waals surface area contributed by atoms with Crippen molar-refractivity contribution in [1.29, 1.82) is 0 Å². The number of rotatable bonds is 5. The molecule has 0 bridgehead atoms. The van der Waals surface area contributed by atoms with Crippen LogP contribution in [0.15, 0.2) is 48.5 Å². The van der Waals surface area contributed by atoms with Gasteiger partial charge < -0.3 is 16.2 Å². The number of nitrogens with one attached hydrogen (secondary N) is 1. The van der Waals surface area contributed by atoms with Crippen LogP contribution in [0, 0.1) is 6.92 Å². The molecule has 0 saturated carbocycles. The van der Waals surface area contributed by atoms with Crippen molar-refractivity contribution in [2.45, 2.75) is 45.3 Å². The summed E-state index contributed by atoms with van der Waals surface area (Å²) in [5, 5.41) is 13.0. The van der Waals surface area contributed by atoms with Gasteiger partial charge in [-0.1, -0.05) is 74.9 Å². The fraction of sp³-hybridized carbons (Fsp3) is 0.381. The summed E-state index contributed by atoms with van der Waals surface area (Å²) < 4.78 is 0. The molecule has 2 unspecified atom stereocenters. The van der Waals surface area contributed by atoms with Gasteiger partial charge in [-0.25, -0.2) is 0 Å². The van der Waals surface area contributed by atoms with Crippen LogP contribution in [-0.2, 0) is 10.2 Å². The summed E-state index contributed by atoms with van der Waals surface area (Å²) >= 11 is 0. The predicted octanol–water partition coefficient (Wildman–Crippen LogP) is 3.14. The van der Waals surface area contributed by atoms with Crippen LogP contribution in [0.1, 0.15) is 55.2 Å². The van der Waals surface area contributed by atoms with Gasteiger partial charge in [-0.15, -0.1) is 0 Å². The molecule has 0 aliphatic carbocycles. The Bertz CT molecular complexity index is 700. The number of aliphatic hydroxyl groups is 1. The van der Waals surface area contributed by atoms with Crippen molar-refractivity contribution in [3.63, 3.8) is 0 Å². The van der Waals surface area contributed by atoms with Crippen LogP contribution < -0.4 is 11.1 Å². The van der Waals surface area contributed by atoms with Gasteiger partial charge in [0.1, 0.15) is 6.04 Å². The number of aryl methyl sites for hydroxylation is 1. The smallest absolute Gasteiger partial charge is 0.241 e. The Hall–Kier alpha value is -2.17. The lowest BCUT2D eigenvalue weighted by Gasteiger charge is -2.20. The first-order valence-corrected chi connectivity index (χ1v) is 8.57. The zero-order valence-electron chi connectivity index (χ0n) is 15.4. The third-order valence-electron chi connectivity index (χ3n) is 4.35. The fourth-order valence-electron chi connectivity index (χ4n) is 2.56. The molecule has 0 aromatic heterocycles. The molecule has 0 heterocycles. The Morgan fingerprint density at radius 2 is 1.56 bits per heavy atom. The van der Waals surface area contributed by atoms with Crippen molar-refractivity contribution in [1.82, 2.24) is 5.32 Å². The van der Waals surface area contributed by atoms with Crippen LogP contribution in [0.5, 0.6) is 0 Å². The van der Waals surface area contributed by atoms with E-state index in [9.17, 15) is 9.90 Å². The number of nitrogens with two attached hydrogens (primary N) is 1. The zero-order valence-corrected chi connectivity index (χ0v) is 15.4. The lowest BCUT2D eigenvalue weighted by molar-refractivity contribution is -0.122. The second kappa shape index (κ2) is 7.81. The first-order valence-electron chi connectivity index (χ1n) is 8.57. The van der Waals surface area contributed by atoms with E-state index in [4.69, 9.17) is 5.73 Å². The lowest BCUT2D eigenvalue weighted by Crippen LogP contribution is -2.36. The topological polar surface area (TPSA) is 75.4 Å². The van der Waals surface area contributed by atoms with E-state index >= 15 is 0 Å². The van der Waals surface area contributed by atoms with Crippen LogP contribution in [0.3, 0.4) is 0 Å². The highest BCUT2D eigenvalue weighted by molar-refractivity contribution is 5.82. The largest absolute Gasteiger partial charge is 0.387 e. The molecule has 2 aromatic carbocycles. The molecular weight excluding hydrogens is 312 g/mol. The van der Waals surface area contributed by atoms with Crippen molar-refractivity contribution in [3.05, 3.63) is 70.8 Å². The van der Waals surface area contributed by atoms with E-state index in [-0.39, 0.29) is 17.9 Å². The van der Waals surface area contributed by atoms with Crippen molar-refractivity contribution >= 4 is 5.91 Å². The van der Waals surface area contributed by atoms with Gasteiger partial charge in [-0.05, 0) is 29.0 Å². The maximum absolute atomic E-state index is 12.2. The Morgan fingerprint density at radius 3 is 2.08 bits per heavy atom. The van der Waals surface area contributed by atoms with Crippen LogP contribution in [0.25, 0.3) is 0 Å². The maximum Gasteiger partial charge on any atom is 0.241 e. The lowest BCUT2D eigenvalue weighted by atomic mass is 9.86. The summed E-state index contributed by atoms with van der Waals surface area (Å²) in [5.74, 6) is -0.297. The van der Waals surface area contributed by atoms with Gasteiger partial charge in [-0.2, -0.15) is 0 Å². The van der Waals surface area contributed by atoms with Gasteiger partial charge in [0.25, 0.3) is 0 Å². The summed E-state index contributed by atoms with van der Waals surface area (Å²) in [6.07, 6.45) is -0.761. The molecule has 4 N–H and O–H groups in total. The number of carbonyl (C=O) groups excluding carboxylic acids is 1. The summed E-state index contributed by atoms with van der Waals surface area (Å²) in [5.41, 5.74) is 9.91. The highest BCUT2D eigenvalue weighted by Crippen LogP contribution is 2.24. The average Bonchev–Trinajstić information content (AvgIpc) is 2.58. The molecule has 0 fully saturated rings. The summed E-state index contributed by atoms with van der Waals surface area (Å²) in [4.78, 5) is 12.2. The van der Waals surface area contributed by atoms with Gasteiger partial charge in [-0.3, -0.25) is 4.79 Å². The van der Waals surface area contributed by atoms with E-state index in [1.54, 1.807) is 0 Å². The first kappa shape index (κ1) is 19.2. The quantitative estimate of drug-likeness (QED) is 0.783. The Labute approximate surface area is 150 Å². The Kier molecular flexibility index (Phi) is 5.98. The molecule has 1 amide bonds. The normalized spacial score (nSPS) is 14.0.